The second-order valence-corrected chi connectivity index (χ2v) is 7.24. The molecule has 0 aliphatic carbocycles. The Hall–Kier alpha value is -1.11. The molecule has 0 saturated carbocycles. The standard InChI is InChI=1S/C14H25N3O2S/c1-10(2)14(9-15)16-12-5-7-13(8-6-12)20(18,19)17-11(3)4/h5-8,10-11,14,16-17H,9,15H2,1-4H3. The van der Waals surface area contributed by atoms with Gasteiger partial charge in [0.2, 0.25) is 10.0 Å². The summed E-state index contributed by atoms with van der Waals surface area (Å²) in [6.45, 7) is 8.31. The summed E-state index contributed by atoms with van der Waals surface area (Å²) in [6, 6.07) is 6.77. The second kappa shape index (κ2) is 7.06. The number of nitrogens with one attached hydrogen (secondary N) is 2. The Morgan fingerprint density at radius 1 is 1.10 bits per heavy atom. The fourth-order valence-corrected chi connectivity index (χ4v) is 3.07. The van der Waals surface area contributed by atoms with Gasteiger partial charge in [0.15, 0.2) is 0 Å². The number of nitrogens with two attached hydrogens (primary N) is 1. The number of rotatable bonds is 7. The van der Waals surface area contributed by atoms with Crippen molar-refractivity contribution in [2.24, 2.45) is 11.7 Å². The minimum Gasteiger partial charge on any atom is -0.381 e. The van der Waals surface area contributed by atoms with E-state index in [-0.39, 0.29) is 17.0 Å². The third-order valence-corrected chi connectivity index (χ3v) is 4.64. The van der Waals surface area contributed by atoms with Crippen molar-refractivity contribution in [2.45, 2.75) is 44.7 Å². The molecule has 114 valence electrons. The molecule has 5 nitrogen and oxygen atoms in total. The first-order valence-electron chi connectivity index (χ1n) is 6.85. The Balaban J connectivity index is 2.84. The van der Waals surface area contributed by atoms with Gasteiger partial charge in [0, 0.05) is 24.3 Å². The molecule has 6 heteroatoms. The smallest absolute Gasteiger partial charge is 0.240 e. The highest BCUT2D eigenvalue weighted by molar-refractivity contribution is 7.89. The minimum atomic E-state index is -3.43. The summed E-state index contributed by atoms with van der Waals surface area (Å²) < 4.78 is 26.5. The number of benzene rings is 1. The van der Waals surface area contributed by atoms with Crippen LogP contribution in [0, 0.1) is 5.92 Å². The van der Waals surface area contributed by atoms with Gasteiger partial charge in [-0.2, -0.15) is 0 Å². The summed E-state index contributed by atoms with van der Waals surface area (Å²) in [6.07, 6.45) is 0. The van der Waals surface area contributed by atoms with Gasteiger partial charge in [-0.05, 0) is 44.0 Å². The van der Waals surface area contributed by atoms with Crippen LogP contribution in [0.15, 0.2) is 29.2 Å². The molecule has 1 unspecified atom stereocenters. The van der Waals surface area contributed by atoms with Crippen molar-refractivity contribution in [3.05, 3.63) is 24.3 Å². The van der Waals surface area contributed by atoms with E-state index in [1.807, 2.05) is 0 Å². The first kappa shape index (κ1) is 16.9. The van der Waals surface area contributed by atoms with Gasteiger partial charge in [0.05, 0.1) is 4.90 Å². The van der Waals surface area contributed by atoms with Crippen molar-refractivity contribution in [1.29, 1.82) is 0 Å². The van der Waals surface area contributed by atoms with Crippen molar-refractivity contribution in [2.75, 3.05) is 11.9 Å². The van der Waals surface area contributed by atoms with Crippen LogP contribution in [0.4, 0.5) is 5.69 Å². The Bertz CT molecular complexity index is 510. The molecule has 0 saturated heterocycles. The average molecular weight is 299 g/mol. The number of sulfonamides is 1. The van der Waals surface area contributed by atoms with Crippen LogP contribution < -0.4 is 15.8 Å². The fraction of sp³-hybridized carbons (Fsp3) is 0.571. The van der Waals surface area contributed by atoms with Crippen LogP contribution in [0.5, 0.6) is 0 Å². The summed E-state index contributed by atoms with van der Waals surface area (Å²) >= 11 is 0. The summed E-state index contributed by atoms with van der Waals surface area (Å²) in [7, 11) is -3.43. The Morgan fingerprint density at radius 3 is 2.05 bits per heavy atom. The molecule has 1 aromatic carbocycles. The summed E-state index contributed by atoms with van der Waals surface area (Å²) in [5.41, 5.74) is 6.58. The van der Waals surface area contributed by atoms with Crippen LogP contribution in [0.1, 0.15) is 27.7 Å². The summed E-state index contributed by atoms with van der Waals surface area (Å²) in [5.74, 6) is 0.408. The highest BCUT2D eigenvalue weighted by Gasteiger charge is 2.16. The topological polar surface area (TPSA) is 84.2 Å². The van der Waals surface area contributed by atoms with Crippen LogP contribution in [0.25, 0.3) is 0 Å². The van der Waals surface area contributed by atoms with Gasteiger partial charge >= 0.3 is 0 Å². The molecule has 0 aliphatic heterocycles. The highest BCUT2D eigenvalue weighted by atomic mass is 32.2. The molecule has 0 fully saturated rings. The first-order chi connectivity index (χ1) is 9.26. The zero-order chi connectivity index (χ0) is 15.3. The Kier molecular flexibility index (Phi) is 5.98. The van der Waals surface area contributed by atoms with Gasteiger partial charge in [-0.15, -0.1) is 0 Å². The average Bonchev–Trinajstić information content (AvgIpc) is 2.34. The van der Waals surface area contributed by atoms with Gasteiger partial charge < -0.3 is 11.1 Å². The van der Waals surface area contributed by atoms with Crippen molar-refractivity contribution in [3.8, 4) is 0 Å². The second-order valence-electron chi connectivity index (χ2n) is 5.53. The van der Waals surface area contributed by atoms with Gasteiger partial charge in [-0.3, -0.25) is 0 Å². The van der Waals surface area contributed by atoms with Crippen LogP contribution in [-0.4, -0.2) is 27.0 Å². The molecule has 0 radical (unpaired) electrons. The van der Waals surface area contributed by atoms with E-state index in [1.54, 1.807) is 38.1 Å². The fourth-order valence-electron chi connectivity index (χ4n) is 1.82. The number of hydrogen-bond donors (Lipinski definition) is 3. The third kappa shape index (κ3) is 4.77. The molecular weight excluding hydrogens is 274 g/mol. The van der Waals surface area contributed by atoms with Gasteiger partial charge in [-0.25, -0.2) is 13.1 Å². The van der Waals surface area contributed by atoms with E-state index in [9.17, 15) is 8.42 Å². The van der Waals surface area contributed by atoms with E-state index < -0.39 is 10.0 Å². The lowest BCUT2D eigenvalue weighted by Crippen LogP contribution is -2.33. The highest BCUT2D eigenvalue weighted by Crippen LogP contribution is 2.16. The third-order valence-electron chi connectivity index (χ3n) is 2.97. The molecule has 20 heavy (non-hydrogen) atoms. The molecule has 0 heterocycles. The van der Waals surface area contributed by atoms with E-state index in [1.165, 1.54) is 0 Å². The lowest BCUT2D eigenvalue weighted by Gasteiger charge is -2.22. The molecule has 1 atom stereocenters. The Morgan fingerprint density at radius 2 is 1.65 bits per heavy atom. The zero-order valence-corrected chi connectivity index (χ0v) is 13.4. The molecule has 1 rings (SSSR count). The van der Waals surface area contributed by atoms with Gasteiger partial charge in [-0.1, -0.05) is 13.8 Å². The van der Waals surface area contributed by atoms with Crippen molar-refractivity contribution in [3.63, 3.8) is 0 Å². The molecule has 1 aromatic rings. The van der Waals surface area contributed by atoms with Crippen molar-refractivity contribution < 1.29 is 8.42 Å². The number of hydrogen-bond acceptors (Lipinski definition) is 4. The predicted molar refractivity (Wildman–Crippen MR) is 83.2 cm³/mol. The predicted octanol–water partition coefficient (Wildman–Crippen LogP) is 1.77. The van der Waals surface area contributed by atoms with E-state index in [0.717, 1.165) is 5.69 Å². The summed E-state index contributed by atoms with van der Waals surface area (Å²) in [4.78, 5) is 0.269. The normalized spacial score (nSPS) is 13.8. The van der Waals surface area contributed by atoms with E-state index in [0.29, 0.717) is 12.5 Å². The molecular formula is C14H25N3O2S. The van der Waals surface area contributed by atoms with Crippen LogP contribution in [0.2, 0.25) is 0 Å². The molecule has 4 N–H and O–H groups in total. The zero-order valence-electron chi connectivity index (χ0n) is 12.6. The molecule has 0 spiro atoms. The van der Waals surface area contributed by atoms with E-state index >= 15 is 0 Å². The molecule has 0 aromatic heterocycles. The van der Waals surface area contributed by atoms with E-state index in [2.05, 4.69) is 23.9 Å². The summed E-state index contributed by atoms with van der Waals surface area (Å²) in [5, 5.41) is 3.31. The molecule has 0 bridgehead atoms. The largest absolute Gasteiger partial charge is 0.381 e. The lowest BCUT2D eigenvalue weighted by molar-refractivity contribution is 0.531. The molecule has 0 aliphatic rings. The van der Waals surface area contributed by atoms with Gasteiger partial charge in [0.25, 0.3) is 0 Å². The maximum absolute atomic E-state index is 12.0. The van der Waals surface area contributed by atoms with Gasteiger partial charge in [0.1, 0.15) is 0 Å². The Labute approximate surface area is 122 Å². The first-order valence-corrected chi connectivity index (χ1v) is 8.33. The quantitative estimate of drug-likeness (QED) is 0.716. The monoisotopic (exact) mass is 299 g/mol. The SMILES string of the molecule is CC(C)NS(=O)(=O)c1ccc(NC(CN)C(C)C)cc1. The van der Waals surface area contributed by atoms with Crippen LogP contribution in [0.3, 0.4) is 0 Å². The van der Waals surface area contributed by atoms with E-state index in [4.69, 9.17) is 5.73 Å². The van der Waals surface area contributed by atoms with Crippen molar-refractivity contribution >= 4 is 15.7 Å². The maximum atomic E-state index is 12.0. The van der Waals surface area contributed by atoms with Crippen molar-refractivity contribution in [1.82, 2.24) is 4.72 Å². The minimum absolute atomic E-state index is 0.125. The van der Waals surface area contributed by atoms with Crippen LogP contribution in [-0.2, 0) is 10.0 Å². The number of anilines is 1. The molecule has 0 amide bonds. The maximum Gasteiger partial charge on any atom is 0.240 e. The lowest BCUT2D eigenvalue weighted by atomic mass is 10.0. The van der Waals surface area contributed by atoms with Crippen LogP contribution >= 0.6 is 0 Å².